The second kappa shape index (κ2) is 7.24. The third-order valence-corrected chi connectivity index (χ3v) is 5.98. The molecule has 1 unspecified atom stereocenters. The first kappa shape index (κ1) is 18.1. The summed E-state index contributed by atoms with van der Waals surface area (Å²) in [4.78, 5) is 15.1. The van der Waals surface area contributed by atoms with Crippen LogP contribution in [0.5, 0.6) is 0 Å². The molecule has 4 nitrogen and oxygen atoms in total. The molecule has 2 aromatic rings. The normalized spacial score (nSPS) is 17.7. The molecule has 0 bridgehead atoms. The summed E-state index contributed by atoms with van der Waals surface area (Å²) in [6, 6.07) is 10.3. The van der Waals surface area contributed by atoms with Crippen LogP contribution in [0.25, 0.3) is 0 Å². The van der Waals surface area contributed by atoms with Crippen LogP contribution in [0.2, 0.25) is 0 Å². The molecule has 0 radical (unpaired) electrons. The van der Waals surface area contributed by atoms with Gasteiger partial charge in [-0.1, -0.05) is 44.2 Å². The van der Waals surface area contributed by atoms with Gasteiger partial charge in [-0.05, 0) is 24.3 Å². The summed E-state index contributed by atoms with van der Waals surface area (Å²) < 4.78 is 1.96. The van der Waals surface area contributed by atoms with Crippen LogP contribution in [0.4, 0.5) is 0 Å². The summed E-state index contributed by atoms with van der Waals surface area (Å²) in [5, 5.41) is 4.35. The zero-order valence-electron chi connectivity index (χ0n) is 15.5. The Hall–Kier alpha value is -1.75. The zero-order chi connectivity index (χ0) is 18.0. The van der Waals surface area contributed by atoms with Crippen LogP contribution < -0.4 is 0 Å². The van der Waals surface area contributed by atoms with E-state index in [0.717, 1.165) is 18.7 Å². The Morgan fingerprint density at radius 1 is 1.32 bits per heavy atom. The van der Waals surface area contributed by atoms with Gasteiger partial charge in [0.2, 0.25) is 5.91 Å². The predicted molar refractivity (Wildman–Crippen MR) is 103 cm³/mol. The maximum atomic E-state index is 13.1. The third kappa shape index (κ3) is 4.27. The summed E-state index contributed by atoms with van der Waals surface area (Å²) in [6.07, 6.45) is 2.87. The summed E-state index contributed by atoms with van der Waals surface area (Å²) in [6.45, 7) is 7.95. The Balaban J connectivity index is 1.70. The average molecular weight is 358 g/mol. The molecule has 0 saturated carbocycles. The van der Waals surface area contributed by atoms with Crippen molar-refractivity contribution >= 4 is 17.7 Å². The molecule has 1 atom stereocenters. The maximum absolute atomic E-state index is 13.1. The highest BCUT2D eigenvalue weighted by molar-refractivity contribution is 7.99. The van der Waals surface area contributed by atoms with Crippen LogP contribution in [-0.4, -0.2) is 32.4 Å². The lowest BCUT2D eigenvalue weighted by molar-refractivity contribution is -0.132. The van der Waals surface area contributed by atoms with Crippen molar-refractivity contribution in [3.05, 3.63) is 53.3 Å². The number of hydrogen-bond donors (Lipinski definition) is 0. The fourth-order valence-electron chi connectivity index (χ4n) is 3.44. The van der Waals surface area contributed by atoms with Gasteiger partial charge in [0.1, 0.15) is 0 Å². The fourth-order valence-corrected chi connectivity index (χ4v) is 4.36. The van der Waals surface area contributed by atoms with E-state index >= 15 is 0 Å². The number of fused-ring (bicyclic) bond motifs is 1. The molecule has 1 aliphatic rings. The van der Waals surface area contributed by atoms with Crippen molar-refractivity contribution in [3.8, 4) is 0 Å². The number of rotatable bonds is 4. The Morgan fingerprint density at radius 3 is 2.76 bits per heavy atom. The number of benzene rings is 1. The molecule has 134 valence electrons. The minimum atomic E-state index is -0.0470. The first-order chi connectivity index (χ1) is 11.9. The van der Waals surface area contributed by atoms with Crippen molar-refractivity contribution in [1.82, 2.24) is 14.7 Å². The molecule has 25 heavy (non-hydrogen) atoms. The van der Waals surface area contributed by atoms with Gasteiger partial charge in [-0.25, -0.2) is 0 Å². The van der Waals surface area contributed by atoms with E-state index in [0.29, 0.717) is 6.54 Å². The van der Waals surface area contributed by atoms with E-state index < -0.39 is 0 Å². The Bertz CT molecular complexity index is 739. The lowest BCUT2D eigenvalue weighted by Gasteiger charge is -2.31. The van der Waals surface area contributed by atoms with Crippen molar-refractivity contribution in [2.45, 2.75) is 44.7 Å². The molecule has 2 heterocycles. The minimum absolute atomic E-state index is 0.0470. The van der Waals surface area contributed by atoms with E-state index in [1.165, 1.54) is 16.8 Å². The van der Waals surface area contributed by atoms with Gasteiger partial charge in [-0.15, -0.1) is 11.8 Å². The second-order valence-corrected chi connectivity index (χ2v) is 9.04. The quantitative estimate of drug-likeness (QED) is 0.838. The highest BCUT2D eigenvalue weighted by Crippen LogP contribution is 2.31. The van der Waals surface area contributed by atoms with Crippen molar-refractivity contribution in [2.24, 2.45) is 12.5 Å². The van der Waals surface area contributed by atoms with Crippen LogP contribution in [0.15, 0.2) is 36.5 Å². The lowest BCUT2D eigenvalue weighted by Crippen LogP contribution is -2.41. The molecular formula is C20H27N3OS. The van der Waals surface area contributed by atoms with Crippen LogP contribution in [0, 0.1) is 5.41 Å². The van der Waals surface area contributed by atoms with Crippen molar-refractivity contribution in [3.63, 3.8) is 0 Å². The Labute approximate surface area is 154 Å². The van der Waals surface area contributed by atoms with E-state index in [2.05, 4.69) is 31.1 Å². The summed E-state index contributed by atoms with van der Waals surface area (Å²) in [5.74, 6) is 1.09. The summed E-state index contributed by atoms with van der Waals surface area (Å²) in [7, 11) is 1.99. The molecule has 1 amide bonds. The van der Waals surface area contributed by atoms with E-state index in [9.17, 15) is 4.79 Å². The molecule has 1 aromatic heterocycles. The highest BCUT2D eigenvalue weighted by atomic mass is 32.2. The van der Waals surface area contributed by atoms with Gasteiger partial charge in [0.05, 0.1) is 11.4 Å². The number of aromatic nitrogens is 2. The standard InChI is InChI=1S/C20H27N3OS/c1-15(25-13-16-8-6-5-7-9-16)19(24)23-12-17-11-21-22(4)18(17)10-20(2,3)14-23/h5-9,11,15H,10,12-14H2,1-4H3. The summed E-state index contributed by atoms with van der Waals surface area (Å²) in [5.41, 5.74) is 3.75. The molecule has 0 saturated heterocycles. The van der Waals surface area contributed by atoms with Gasteiger partial charge in [0.25, 0.3) is 0 Å². The molecule has 5 heteroatoms. The number of carbonyl (C=O) groups is 1. The van der Waals surface area contributed by atoms with Gasteiger partial charge in [0.15, 0.2) is 0 Å². The monoisotopic (exact) mass is 357 g/mol. The van der Waals surface area contributed by atoms with E-state index in [1.54, 1.807) is 11.8 Å². The minimum Gasteiger partial charge on any atom is -0.337 e. The number of thioether (sulfide) groups is 1. The van der Waals surface area contributed by atoms with Crippen LogP contribution >= 0.6 is 11.8 Å². The van der Waals surface area contributed by atoms with Crippen LogP contribution in [0.1, 0.15) is 37.6 Å². The van der Waals surface area contributed by atoms with Gasteiger partial charge >= 0.3 is 0 Å². The average Bonchev–Trinajstić information content (AvgIpc) is 2.84. The first-order valence-corrected chi connectivity index (χ1v) is 9.85. The first-order valence-electron chi connectivity index (χ1n) is 8.80. The number of amides is 1. The van der Waals surface area contributed by atoms with Crippen LogP contribution in [-0.2, 0) is 30.6 Å². The SMILES string of the molecule is CC(SCc1ccccc1)C(=O)N1Cc2cnn(C)c2CC(C)(C)C1. The topological polar surface area (TPSA) is 38.1 Å². The second-order valence-electron chi connectivity index (χ2n) is 7.71. The maximum Gasteiger partial charge on any atom is 0.235 e. The smallest absolute Gasteiger partial charge is 0.235 e. The molecule has 1 aromatic carbocycles. The largest absolute Gasteiger partial charge is 0.337 e. The van der Waals surface area contributed by atoms with Crippen molar-refractivity contribution < 1.29 is 4.79 Å². The fraction of sp³-hybridized carbons (Fsp3) is 0.500. The molecule has 0 fully saturated rings. The lowest BCUT2D eigenvalue weighted by atomic mass is 9.87. The molecule has 3 rings (SSSR count). The molecular weight excluding hydrogens is 330 g/mol. The zero-order valence-corrected chi connectivity index (χ0v) is 16.3. The number of aryl methyl sites for hydroxylation is 1. The van der Waals surface area contributed by atoms with E-state index in [-0.39, 0.29) is 16.6 Å². The Kier molecular flexibility index (Phi) is 5.23. The van der Waals surface area contributed by atoms with Gasteiger partial charge in [-0.2, -0.15) is 5.10 Å². The van der Waals surface area contributed by atoms with Crippen LogP contribution in [0.3, 0.4) is 0 Å². The van der Waals surface area contributed by atoms with E-state index in [4.69, 9.17) is 0 Å². The number of nitrogens with zero attached hydrogens (tertiary/aromatic N) is 3. The Morgan fingerprint density at radius 2 is 2.04 bits per heavy atom. The molecule has 0 N–H and O–H groups in total. The van der Waals surface area contributed by atoms with Gasteiger partial charge < -0.3 is 4.90 Å². The summed E-state index contributed by atoms with van der Waals surface area (Å²) >= 11 is 1.71. The number of carbonyl (C=O) groups excluding carboxylic acids is 1. The van der Waals surface area contributed by atoms with E-state index in [1.807, 2.05) is 47.9 Å². The molecule has 0 spiro atoms. The highest BCUT2D eigenvalue weighted by Gasteiger charge is 2.33. The van der Waals surface area contributed by atoms with Crippen molar-refractivity contribution in [2.75, 3.05) is 6.54 Å². The predicted octanol–water partition coefficient (Wildman–Crippen LogP) is 3.65. The van der Waals surface area contributed by atoms with Crippen molar-refractivity contribution in [1.29, 1.82) is 0 Å². The van der Waals surface area contributed by atoms with Gasteiger partial charge in [-0.3, -0.25) is 9.48 Å². The number of hydrogen-bond acceptors (Lipinski definition) is 3. The molecule has 1 aliphatic heterocycles. The van der Waals surface area contributed by atoms with Gasteiger partial charge in [0, 0.05) is 37.1 Å². The molecule has 0 aliphatic carbocycles. The third-order valence-electron chi connectivity index (χ3n) is 4.78.